The summed E-state index contributed by atoms with van der Waals surface area (Å²) in [7, 11) is 1.29. The van der Waals surface area contributed by atoms with Crippen LogP contribution < -0.4 is 0 Å². The predicted molar refractivity (Wildman–Crippen MR) is 72.3 cm³/mol. The van der Waals surface area contributed by atoms with Crippen molar-refractivity contribution in [2.45, 2.75) is 18.8 Å². The van der Waals surface area contributed by atoms with E-state index < -0.39 is 11.8 Å². The largest absolute Gasteiger partial charge is 0.464 e. The zero-order valence-corrected chi connectivity index (χ0v) is 12.2. The Hall–Kier alpha value is -1.76. The van der Waals surface area contributed by atoms with Gasteiger partial charge in [0.05, 0.1) is 12.8 Å². The predicted octanol–water partition coefficient (Wildman–Crippen LogP) is 2.83. The standard InChI is InChI=1S/C13H11BrFN3O2/c1-20-13(19)11-12(7-2-3-7)18(17-16-11)10-5-4-8(14)6-9(10)15/h4-7H,2-3H2,1H3. The van der Waals surface area contributed by atoms with Crippen LogP contribution in [0.5, 0.6) is 0 Å². The van der Waals surface area contributed by atoms with Gasteiger partial charge in [0.1, 0.15) is 11.5 Å². The van der Waals surface area contributed by atoms with Crippen LogP contribution in [0.1, 0.15) is 34.9 Å². The van der Waals surface area contributed by atoms with Crippen LogP contribution in [0.4, 0.5) is 4.39 Å². The van der Waals surface area contributed by atoms with Crippen molar-refractivity contribution in [1.29, 1.82) is 0 Å². The normalized spacial score (nSPS) is 14.3. The first-order valence-electron chi connectivity index (χ1n) is 6.11. The highest BCUT2D eigenvalue weighted by Gasteiger charge is 2.35. The number of methoxy groups -OCH3 is 1. The van der Waals surface area contributed by atoms with Gasteiger partial charge in [0.2, 0.25) is 0 Å². The average molecular weight is 340 g/mol. The minimum Gasteiger partial charge on any atom is -0.464 e. The van der Waals surface area contributed by atoms with Crippen molar-refractivity contribution in [3.63, 3.8) is 0 Å². The molecular formula is C13H11BrFN3O2. The Balaban J connectivity index is 2.14. The molecule has 0 saturated heterocycles. The summed E-state index contributed by atoms with van der Waals surface area (Å²) < 4.78 is 20.8. The van der Waals surface area contributed by atoms with E-state index in [9.17, 15) is 9.18 Å². The molecule has 0 N–H and O–H groups in total. The molecule has 0 spiro atoms. The Kier molecular flexibility index (Phi) is 3.29. The number of esters is 1. The molecule has 0 amide bonds. The van der Waals surface area contributed by atoms with Crippen molar-refractivity contribution in [1.82, 2.24) is 15.0 Å². The Bertz CT molecular complexity index is 682. The quantitative estimate of drug-likeness (QED) is 0.807. The molecular weight excluding hydrogens is 329 g/mol. The lowest BCUT2D eigenvalue weighted by atomic mass is 10.2. The first kappa shape index (κ1) is 13.2. The highest BCUT2D eigenvalue weighted by atomic mass is 79.9. The fraction of sp³-hybridized carbons (Fsp3) is 0.308. The van der Waals surface area contributed by atoms with Crippen molar-refractivity contribution >= 4 is 21.9 Å². The van der Waals surface area contributed by atoms with E-state index in [-0.39, 0.29) is 17.3 Å². The SMILES string of the molecule is COC(=O)c1nnn(-c2ccc(Br)cc2F)c1C1CC1. The number of rotatable bonds is 3. The summed E-state index contributed by atoms with van der Waals surface area (Å²) in [5, 5.41) is 7.77. The molecule has 7 heteroatoms. The van der Waals surface area contributed by atoms with E-state index in [1.807, 2.05) is 0 Å². The molecule has 104 valence electrons. The number of hydrogen-bond donors (Lipinski definition) is 0. The second-order valence-electron chi connectivity index (χ2n) is 4.60. The topological polar surface area (TPSA) is 57.0 Å². The van der Waals surface area contributed by atoms with Crippen molar-refractivity contribution in [2.24, 2.45) is 0 Å². The fourth-order valence-corrected chi connectivity index (χ4v) is 2.42. The number of carbonyl (C=O) groups is 1. The van der Waals surface area contributed by atoms with E-state index in [0.717, 1.165) is 12.8 Å². The van der Waals surface area contributed by atoms with E-state index in [1.165, 1.54) is 17.9 Å². The molecule has 5 nitrogen and oxygen atoms in total. The van der Waals surface area contributed by atoms with Crippen LogP contribution in [0.3, 0.4) is 0 Å². The van der Waals surface area contributed by atoms with E-state index in [2.05, 4.69) is 26.2 Å². The summed E-state index contributed by atoms with van der Waals surface area (Å²) in [6.45, 7) is 0. The summed E-state index contributed by atoms with van der Waals surface area (Å²) in [5.74, 6) is -0.791. The molecule has 1 heterocycles. The third kappa shape index (κ3) is 2.22. The molecule has 0 aliphatic heterocycles. The highest BCUT2D eigenvalue weighted by Crippen LogP contribution is 2.42. The van der Waals surface area contributed by atoms with Gasteiger partial charge in [-0.1, -0.05) is 21.1 Å². The maximum absolute atomic E-state index is 14.1. The minimum absolute atomic E-state index is 0.164. The molecule has 1 aromatic carbocycles. The van der Waals surface area contributed by atoms with Gasteiger partial charge in [0.15, 0.2) is 5.69 Å². The molecule has 3 rings (SSSR count). The number of carbonyl (C=O) groups excluding carboxylic acids is 1. The summed E-state index contributed by atoms with van der Waals surface area (Å²) in [6.07, 6.45) is 1.88. The van der Waals surface area contributed by atoms with E-state index in [1.54, 1.807) is 12.1 Å². The Labute approximate surface area is 122 Å². The summed E-state index contributed by atoms with van der Waals surface area (Å²) in [5.41, 5.74) is 1.06. The number of ether oxygens (including phenoxy) is 1. The number of hydrogen-bond acceptors (Lipinski definition) is 4. The zero-order valence-electron chi connectivity index (χ0n) is 10.6. The van der Waals surface area contributed by atoms with Crippen LogP contribution >= 0.6 is 15.9 Å². The molecule has 1 aliphatic carbocycles. The minimum atomic E-state index is -0.546. The lowest BCUT2D eigenvalue weighted by molar-refractivity contribution is 0.0592. The molecule has 1 fully saturated rings. The zero-order chi connectivity index (χ0) is 14.3. The molecule has 0 atom stereocenters. The lowest BCUT2D eigenvalue weighted by Crippen LogP contribution is -2.08. The van der Waals surface area contributed by atoms with E-state index in [4.69, 9.17) is 4.74 Å². The van der Waals surface area contributed by atoms with Crippen LogP contribution in [-0.2, 0) is 4.74 Å². The maximum Gasteiger partial charge on any atom is 0.360 e. The highest BCUT2D eigenvalue weighted by molar-refractivity contribution is 9.10. The second kappa shape index (κ2) is 4.97. The summed E-state index contributed by atoms with van der Waals surface area (Å²) >= 11 is 3.21. The van der Waals surface area contributed by atoms with Crippen molar-refractivity contribution in [3.05, 3.63) is 39.9 Å². The van der Waals surface area contributed by atoms with Crippen molar-refractivity contribution < 1.29 is 13.9 Å². The summed E-state index contributed by atoms with van der Waals surface area (Å²) in [4.78, 5) is 11.7. The lowest BCUT2D eigenvalue weighted by Gasteiger charge is -2.07. The van der Waals surface area contributed by atoms with Gasteiger partial charge in [-0.3, -0.25) is 0 Å². The van der Waals surface area contributed by atoms with Gasteiger partial charge < -0.3 is 4.74 Å². The molecule has 20 heavy (non-hydrogen) atoms. The molecule has 0 unspecified atom stereocenters. The van der Waals surface area contributed by atoms with Gasteiger partial charge in [-0.15, -0.1) is 5.10 Å². The Morgan fingerprint density at radius 1 is 1.50 bits per heavy atom. The van der Waals surface area contributed by atoms with Crippen molar-refractivity contribution in [3.8, 4) is 5.69 Å². The molecule has 0 bridgehead atoms. The smallest absolute Gasteiger partial charge is 0.360 e. The van der Waals surface area contributed by atoms with Gasteiger partial charge in [-0.25, -0.2) is 13.9 Å². The van der Waals surface area contributed by atoms with Crippen LogP contribution in [-0.4, -0.2) is 28.1 Å². The van der Waals surface area contributed by atoms with E-state index >= 15 is 0 Å². The monoisotopic (exact) mass is 339 g/mol. The molecule has 1 aliphatic rings. The third-order valence-corrected chi connectivity index (χ3v) is 3.68. The molecule has 0 radical (unpaired) electrons. The first-order chi connectivity index (χ1) is 9.61. The molecule has 1 saturated carbocycles. The van der Waals surface area contributed by atoms with Crippen LogP contribution in [0, 0.1) is 5.82 Å². The molecule has 2 aromatic rings. The number of nitrogens with zero attached hydrogens (tertiary/aromatic N) is 3. The van der Waals surface area contributed by atoms with E-state index in [0.29, 0.717) is 10.2 Å². The number of aromatic nitrogens is 3. The Morgan fingerprint density at radius 2 is 2.25 bits per heavy atom. The van der Waals surface area contributed by atoms with Crippen molar-refractivity contribution in [2.75, 3.05) is 7.11 Å². The first-order valence-corrected chi connectivity index (χ1v) is 6.90. The second-order valence-corrected chi connectivity index (χ2v) is 5.51. The Morgan fingerprint density at radius 3 is 2.85 bits per heavy atom. The van der Waals surface area contributed by atoms with Gasteiger partial charge in [0, 0.05) is 10.4 Å². The van der Waals surface area contributed by atoms with Gasteiger partial charge in [0.25, 0.3) is 0 Å². The number of benzene rings is 1. The summed E-state index contributed by atoms with van der Waals surface area (Å²) in [6, 6.07) is 4.67. The third-order valence-electron chi connectivity index (χ3n) is 3.19. The average Bonchev–Trinajstić information content (AvgIpc) is 3.17. The van der Waals surface area contributed by atoms with Gasteiger partial charge in [-0.2, -0.15) is 0 Å². The van der Waals surface area contributed by atoms with Gasteiger partial charge >= 0.3 is 5.97 Å². The van der Waals surface area contributed by atoms with Crippen LogP contribution in [0.25, 0.3) is 5.69 Å². The van der Waals surface area contributed by atoms with Gasteiger partial charge in [-0.05, 0) is 31.0 Å². The van der Waals surface area contributed by atoms with Crippen LogP contribution in [0.15, 0.2) is 22.7 Å². The fourth-order valence-electron chi connectivity index (χ4n) is 2.09. The molecule has 1 aromatic heterocycles. The number of halogens is 2. The van der Waals surface area contributed by atoms with Crippen LogP contribution in [0.2, 0.25) is 0 Å². The maximum atomic E-state index is 14.1.